The van der Waals surface area contributed by atoms with Gasteiger partial charge in [-0.05, 0) is 42.7 Å². The lowest BCUT2D eigenvalue weighted by molar-refractivity contribution is -0.0306. The van der Waals surface area contributed by atoms with Gasteiger partial charge in [-0.25, -0.2) is 0 Å². The maximum atomic E-state index is 6.13. The van der Waals surface area contributed by atoms with Gasteiger partial charge in [0, 0.05) is 4.88 Å². The van der Waals surface area contributed by atoms with Crippen LogP contribution < -0.4 is 5.73 Å². The Labute approximate surface area is 126 Å². The van der Waals surface area contributed by atoms with Crippen molar-refractivity contribution in [1.82, 2.24) is 0 Å². The summed E-state index contributed by atoms with van der Waals surface area (Å²) in [6.07, 6.45) is 4.07. The third-order valence-corrected chi connectivity index (χ3v) is 4.76. The first-order valence-electron chi connectivity index (χ1n) is 7.38. The van der Waals surface area contributed by atoms with Gasteiger partial charge in [-0.1, -0.05) is 32.6 Å². The Balaban J connectivity index is 1.87. The van der Waals surface area contributed by atoms with Gasteiger partial charge >= 0.3 is 0 Å². The molecule has 2 N–H and O–H groups in total. The quantitative estimate of drug-likeness (QED) is 0.860. The maximum absolute atomic E-state index is 6.13. The molecule has 0 aliphatic heterocycles. The molecule has 0 radical (unpaired) electrons. The minimum atomic E-state index is 0.398. The zero-order valence-electron chi connectivity index (χ0n) is 12.7. The van der Waals surface area contributed by atoms with Crippen LogP contribution in [0.4, 0.5) is 0 Å². The summed E-state index contributed by atoms with van der Waals surface area (Å²) in [5.74, 6) is 6.72. The second-order valence-electron chi connectivity index (χ2n) is 6.62. The molecule has 2 unspecified atom stereocenters. The van der Waals surface area contributed by atoms with Crippen molar-refractivity contribution in [3.63, 3.8) is 0 Å². The molecule has 3 heteroatoms. The first-order valence-corrected chi connectivity index (χ1v) is 8.19. The Morgan fingerprint density at radius 2 is 2.20 bits per heavy atom. The second kappa shape index (κ2) is 6.76. The molecule has 20 heavy (non-hydrogen) atoms. The molecule has 0 aromatic carbocycles. The summed E-state index contributed by atoms with van der Waals surface area (Å²) in [6.45, 7) is 8.17. The molecule has 2 nitrogen and oxygen atoms in total. The number of hydrogen-bond acceptors (Lipinski definition) is 3. The van der Waals surface area contributed by atoms with E-state index in [1.54, 1.807) is 11.3 Å². The molecule has 1 aliphatic rings. The van der Waals surface area contributed by atoms with E-state index in [4.69, 9.17) is 10.5 Å². The van der Waals surface area contributed by atoms with Gasteiger partial charge in [0.1, 0.15) is 0 Å². The summed E-state index contributed by atoms with van der Waals surface area (Å²) in [7, 11) is 0. The third kappa shape index (κ3) is 4.63. The maximum Gasteiger partial charge on any atom is 0.0813 e. The van der Waals surface area contributed by atoms with Gasteiger partial charge in [0.05, 0.1) is 24.1 Å². The topological polar surface area (TPSA) is 35.2 Å². The van der Waals surface area contributed by atoms with E-state index in [-0.39, 0.29) is 0 Å². The molecule has 2 rings (SSSR count). The standard InChI is InChI=1S/C17H25NOS/c1-13-9-14(11-17(2,3)10-13)19-12-16-7-6-15(20-16)5-4-8-18/h6-7,13-14H,8-12,18H2,1-3H3. The average Bonchev–Trinajstić information content (AvgIpc) is 2.79. The van der Waals surface area contributed by atoms with Crippen molar-refractivity contribution in [3.05, 3.63) is 21.9 Å². The summed E-state index contributed by atoms with van der Waals surface area (Å²) in [5.41, 5.74) is 5.80. The van der Waals surface area contributed by atoms with E-state index < -0.39 is 0 Å². The van der Waals surface area contributed by atoms with Crippen molar-refractivity contribution in [1.29, 1.82) is 0 Å². The van der Waals surface area contributed by atoms with Gasteiger partial charge in [0.15, 0.2) is 0 Å². The Morgan fingerprint density at radius 3 is 2.90 bits per heavy atom. The molecule has 110 valence electrons. The fourth-order valence-corrected chi connectivity index (χ4v) is 4.05. The Bertz CT molecular complexity index is 495. The number of thiophene rings is 1. The van der Waals surface area contributed by atoms with Crippen LogP contribution in [0.1, 0.15) is 49.8 Å². The predicted molar refractivity (Wildman–Crippen MR) is 85.6 cm³/mol. The molecule has 0 spiro atoms. The summed E-state index contributed by atoms with van der Waals surface area (Å²) in [6, 6.07) is 4.17. The highest BCUT2D eigenvalue weighted by Gasteiger charge is 2.32. The molecule has 1 fully saturated rings. The van der Waals surface area contributed by atoms with E-state index in [0.29, 0.717) is 24.7 Å². The van der Waals surface area contributed by atoms with Gasteiger partial charge < -0.3 is 10.5 Å². The smallest absolute Gasteiger partial charge is 0.0813 e. The molecule has 2 atom stereocenters. The second-order valence-corrected chi connectivity index (χ2v) is 7.79. The molecule has 1 heterocycles. The zero-order valence-corrected chi connectivity index (χ0v) is 13.6. The fourth-order valence-electron chi connectivity index (χ4n) is 3.25. The third-order valence-electron chi connectivity index (χ3n) is 3.78. The van der Waals surface area contributed by atoms with Gasteiger partial charge in [-0.15, -0.1) is 11.3 Å². The van der Waals surface area contributed by atoms with Crippen molar-refractivity contribution < 1.29 is 4.74 Å². The number of hydrogen-bond donors (Lipinski definition) is 1. The van der Waals surface area contributed by atoms with Crippen molar-refractivity contribution in [2.24, 2.45) is 17.1 Å². The number of nitrogens with two attached hydrogens (primary N) is 1. The fraction of sp³-hybridized carbons (Fsp3) is 0.647. The van der Waals surface area contributed by atoms with Crippen molar-refractivity contribution in [2.75, 3.05) is 6.54 Å². The minimum absolute atomic E-state index is 0.398. The van der Waals surface area contributed by atoms with Crippen LogP contribution in [0.25, 0.3) is 0 Å². The van der Waals surface area contributed by atoms with Crippen molar-refractivity contribution in [2.45, 2.75) is 52.7 Å². The van der Waals surface area contributed by atoms with Crippen LogP contribution in [0.5, 0.6) is 0 Å². The number of ether oxygens (including phenoxy) is 1. The van der Waals surface area contributed by atoms with E-state index in [9.17, 15) is 0 Å². The highest BCUT2D eigenvalue weighted by molar-refractivity contribution is 7.12. The van der Waals surface area contributed by atoms with Gasteiger partial charge in [0.25, 0.3) is 0 Å². The highest BCUT2D eigenvalue weighted by Crippen LogP contribution is 2.40. The van der Waals surface area contributed by atoms with Gasteiger partial charge in [-0.3, -0.25) is 0 Å². The van der Waals surface area contributed by atoms with Crippen LogP contribution in [0, 0.1) is 23.2 Å². The van der Waals surface area contributed by atoms with E-state index >= 15 is 0 Å². The molecule has 1 saturated carbocycles. The van der Waals surface area contributed by atoms with Crippen LogP contribution in [-0.4, -0.2) is 12.6 Å². The van der Waals surface area contributed by atoms with Crippen LogP contribution in [-0.2, 0) is 11.3 Å². The lowest BCUT2D eigenvalue weighted by atomic mass is 9.71. The van der Waals surface area contributed by atoms with E-state index in [2.05, 4.69) is 44.7 Å². The molecule has 0 saturated heterocycles. The van der Waals surface area contributed by atoms with E-state index in [1.165, 1.54) is 24.1 Å². The zero-order chi connectivity index (χ0) is 14.6. The molecule has 1 aromatic heterocycles. The molecule has 0 bridgehead atoms. The molecule has 1 aromatic rings. The summed E-state index contributed by atoms with van der Waals surface area (Å²) in [5, 5.41) is 0. The number of rotatable bonds is 3. The molecule has 1 aliphatic carbocycles. The monoisotopic (exact) mass is 291 g/mol. The van der Waals surface area contributed by atoms with E-state index in [1.807, 2.05) is 0 Å². The first-order chi connectivity index (χ1) is 9.48. The molecule has 0 amide bonds. The van der Waals surface area contributed by atoms with Crippen LogP contribution in [0.15, 0.2) is 12.1 Å². The van der Waals surface area contributed by atoms with Crippen LogP contribution >= 0.6 is 11.3 Å². The van der Waals surface area contributed by atoms with Crippen LogP contribution in [0.3, 0.4) is 0 Å². The highest BCUT2D eigenvalue weighted by atomic mass is 32.1. The van der Waals surface area contributed by atoms with Crippen LogP contribution in [0.2, 0.25) is 0 Å². The molecular weight excluding hydrogens is 266 g/mol. The lowest BCUT2D eigenvalue weighted by Gasteiger charge is -2.38. The Kier molecular flexibility index (Phi) is 5.26. The lowest BCUT2D eigenvalue weighted by Crippen LogP contribution is -2.32. The normalized spacial score (nSPS) is 25.0. The Hall–Kier alpha value is -0.820. The Morgan fingerprint density at radius 1 is 1.40 bits per heavy atom. The first kappa shape index (κ1) is 15.6. The summed E-state index contributed by atoms with van der Waals surface area (Å²) in [4.78, 5) is 2.33. The van der Waals surface area contributed by atoms with Gasteiger partial charge in [0.2, 0.25) is 0 Å². The van der Waals surface area contributed by atoms with Gasteiger partial charge in [-0.2, -0.15) is 0 Å². The minimum Gasteiger partial charge on any atom is -0.373 e. The average molecular weight is 291 g/mol. The molecular formula is C17H25NOS. The predicted octanol–water partition coefficient (Wildman–Crippen LogP) is 3.79. The summed E-state index contributed by atoms with van der Waals surface area (Å²) < 4.78 is 6.13. The van der Waals surface area contributed by atoms with Crippen molar-refractivity contribution in [3.8, 4) is 11.8 Å². The SMILES string of the molecule is CC1CC(OCc2ccc(C#CCN)s2)CC(C)(C)C1. The summed E-state index contributed by atoms with van der Waals surface area (Å²) >= 11 is 1.71. The van der Waals surface area contributed by atoms with Crippen molar-refractivity contribution >= 4 is 11.3 Å². The largest absolute Gasteiger partial charge is 0.373 e. The van der Waals surface area contributed by atoms with E-state index in [0.717, 1.165) is 10.8 Å².